The summed E-state index contributed by atoms with van der Waals surface area (Å²) in [5.41, 5.74) is 0.765. The molecule has 0 aliphatic rings. The van der Waals surface area contributed by atoms with Crippen LogP contribution >= 0.6 is 35.0 Å². The Morgan fingerprint density at radius 2 is 1.79 bits per heavy atom. The van der Waals surface area contributed by atoms with Gasteiger partial charge in [-0.05, 0) is 42.0 Å². The van der Waals surface area contributed by atoms with E-state index in [0.29, 0.717) is 26.7 Å². The van der Waals surface area contributed by atoms with Crippen LogP contribution in [0.2, 0.25) is 10.0 Å². The Bertz CT molecular complexity index is 1290. The molecule has 8 heteroatoms. The van der Waals surface area contributed by atoms with Gasteiger partial charge in [-0.3, -0.25) is 9.36 Å². The van der Waals surface area contributed by atoms with Crippen LogP contribution in [0.1, 0.15) is 5.56 Å². The van der Waals surface area contributed by atoms with Gasteiger partial charge in [-0.15, -0.1) is 0 Å². The van der Waals surface area contributed by atoms with Gasteiger partial charge in [0.2, 0.25) is 0 Å². The molecule has 3 nitrogen and oxygen atoms in total. The summed E-state index contributed by atoms with van der Waals surface area (Å²) in [5, 5.41) is 1.60. The zero-order valence-corrected chi connectivity index (χ0v) is 17.0. The van der Waals surface area contributed by atoms with Crippen molar-refractivity contribution in [1.82, 2.24) is 9.55 Å². The number of benzene rings is 3. The second-order valence-electron chi connectivity index (χ2n) is 6.17. The molecule has 0 spiro atoms. The smallest absolute Gasteiger partial charge is 0.266 e. The summed E-state index contributed by atoms with van der Waals surface area (Å²) in [6, 6.07) is 15.0. The second-order valence-corrected chi connectivity index (χ2v) is 7.96. The Labute approximate surface area is 178 Å². The normalized spacial score (nSPS) is 11.2. The van der Waals surface area contributed by atoms with Crippen LogP contribution in [-0.4, -0.2) is 9.55 Å². The number of thioether (sulfide) groups is 1. The van der Waals surface area contributed by atoms with Crippen LogP contribution in [0.4, 0.5) is 8.78 Å². The van der Waals surface area contributed by atoms with E-state index in [9.17, 15) is 13.6 Å². The fourth-order valence-electron chi connectivity index (χ4n) is 2.87. The van der Waals surface area contributed by atoms with Crippen molar-refractivity contribution in [2.45, 2.75) is 10.9 Å². The lowest BCUT2D eigenvalue weighted by Crippen LogP contribution is -2.22. The van der Waals surface area contributed by atoms with Gasteiger partial charge in [0.1, 0.15) is 11.6 Å². The molecule has 29 heavy (non-hydrogen) atoms. The van der Waals surface area contributed by atoms with Crippen LogP contribution < -0.4 is 5.56 Å². The van der Waals surface area contributed by atoms with Crippen molar-refractivity contribution in [3.63, 3.8) is 0 Å². The Kier molecular flexibility index (Phi) is 5.58. The van der Waals surface area contributed by atoms with Crippen molar-refractivity contribution < 1.29 is 8.78 Å². The molecule has 0 amide bonds. The Morgan fingerprint density at radius 1 is 1.00 bits per heavy atom. The molecule has 0 atom stereocenters. The molecule has 0 aliphatic carbocycles. The van der Waals surface area contributed by atoms with E-state index >= 15 is 0 Å². The monoisotopic (exact) mass is 448 g/mol. The molecule has 0 fully saturated rings. The van der Waals surface area contributed by atoms with Crippen LogP contribution in [0.3, 0.4) is 0 Å². The van der Waals surface area contributed by atoms with E-state index in [1.54, 1.807) is 42.5 Å². The first-order valence-corrected chi connectivity index (χ1v) is 10.2. The predicted molar refractivity (Wildman–Crippen MR) is 113 cm³/mol. The largest absolute Gasteiger partial charge is 0.268 e. The molecule has 1 heterocycles. The van der Waals surface area contributed by atoms with Gasteiger partial charge in [0.25, 0.3) is 5.56 Å². The molecule has 4 aromatic rings. The van der Waals surface area contributed by atoms with Gasteiger partial charge in [0, 0.05) is 21.9 Å². The molecule has 0 saturated carbocycles. The van der Waals surface area contributed by atoms with E-state index in [1.165, 1.54) is 17.8 Å². The molecule has 4 rings (SSSR count). The first-order valence-electron chi connectivity index (χ1n) is 8.48. The molecular weight excluding hydrogens is 437 g/mol. The molecule has 0 saturated heterocycles. The van der Waals surface area contributed by atoms with E-state index in [4.69, 9.17) is 23.2 Å². The molecule has 0 unspecified atom stereocenters. The quantitative estimate of drug-likeness (QED) is 0.272. The van der Waals surface area contributed by atoms with Crippen LogP contribution in [0, 0.1) is 11.6 Å². The van der Waals surface area contributed by atoms with Crippen molar-refractivity contribution in [2.75, 3.05) is 0 Å². The minimum Gasteiger partial charge on any atom is -0.268 e. The van der Waals surface area contributed by atoms with Gasteiger partial charge in [-0.1, -0.05) is 53.2 Å². The van der Waals surface area contributed by atoms with E-state index in [0.717, 1.165) is 22.3 Å². The lowest BCUT2D eigenvalue weighted by molar-refractivity contribution is 0.572. The maximum atomic E-state index is 14.5. The Balaban J connectivity index is 1.86. The van der Waals surface area contributed by atoms with E-state index in [1.807, 2.05) is 0 Å². The average Bonchev–Trinajstić information content (AvgIpc) is 2.68. The highest BCUT2D eigenvalue weighted by molar-refractivity contribution is 7.98. The molecule has 0 radical (unpaired) electrons. The fraction of sp³-hybridized carbons (Fsp3) is 0.0476. The summed E-state index contributed by atoms with van der Waals surface area (Å²) in [4.78, 5) is 17.7. The second kappa shape index (κ2) is 8.14. The Hall–Kier alpha value is -2.41. The summed E-state index contributed by atoms with van der Waals surface area (Å²) in [5.74, 6) is -1.20. The minimum absolute atomic E-state index is 0.0700. The van der Waals surface area contributed by atoms with Crippen LogP contribution in [0.5, 0.6) is 0 Å². The third kappa shape index (κ3) is 4.01. The first-order chi connectivity index (χ1) is 13.9. The summed E-state index contributed by atoms with van der Waals surface area (Å²) in [6.07, 6.45) is 0. The number of halogens is 4. The Morgan fingerprint density at radius 3 is 2.55 bits per heavy atom. The maximum Gasteiger partial charge on any atom is 0.266 e. The lowest BCUT2D eigenvalue weighted by atomic mass is 10.2. The molecule has 1 aromatic heterocycles. The molecule has 146 valence electrons. The summed E-state index contributed by atoms with van der Waals surface area (Å²) in [7, 11) is 0. The van der Waals surface area contributed by atoms with E-state index in [2.05, 4.69) is 4.98 Å². The highest BCUT2D eigenvalue weighted by Gasteiger charge is 2.17. The topological polar surface area (TPSA) is 34.9 Å². The molecule has 0 N–H and O–H groups in total. The standard InChI is InChI=1S/C21H12Cl2F2N2OS/c22-13-6-5-12(16(23)9-13)11-29-21-26-18-4-2-1-3-15(18)20(28)27(21)19-8-7-14(24)10-17(19)25/h1-10H,11H2. The van der Waals surface area contributed by atoms with E-state index in [-0.39, 0.29) is 10.8 Å². The van der Waals surface area contributed by atoms with Gasteiger partial charge in [-0.25, -0.2) is 13.8 Å². The number of nitrogens with zero attached hydrogens (tertiary/aromatic N) is 2. The van der Waals surface area contributed by atoms with Gasteiger partial charge in [-0.2, -0.15) is 0 Å². The van der Waals surface area contributed by atoms with Crippen molar-refractivity contribution in [3.8, 4) is 5.69 Å². The number of hydrogen-bond donors (Lipinski definition) is 0. The van der Waals surface area contributed by atoms with Crippen LogP contribution in [0.25, 0.3) is 16.6 Å². The third-order valence-corrected chi connectivity index (χ3v) is 5.84. The molecule has 3 aromatic carbocycles. The zero-order valence-electron chi connectivity index (χ0n) is 14.7. The highest BCUT2D eigenvalue weighted by Crippen LogP contribution is 2.29. The summed E-state index contributed by atoms with van der Waals surface area (Å²) in [6.45, 7) is 0. The van der Waals surface area contributed by atoms with Crippen LogP contribution in [0.15, 0.2) is 70.6 Å². The number of hydrogen-bond acceptors (Lipinski definition) is 3. The third-order valence-electron chi connectivity index (χ3n) is 4.27. The number of para-hydroxylation sites is 1. The fourth-order valence-corrected chi connectivity index (χ4v) is 4.43. The SMILES string of the molecule is O=c1c2ccccc2nc(SCc2ccc(Cl)cc2Cl)n1-c1ccc(F)cc1F. The van der Waals surface area contributed by atoms with Gasteiger partial charge < -0.3 is 0 Å². The van der Waals surface area contributed by atoms with Crippen LogP contribution in [-0.2, 0) is 5.75 Å². The van der Waals surface area contributed by atoms with Crippen molar-refractivity contribution in [1.29, 1.82) is 0 Å². The number of aromatic nitrogens is 2. The van der Waals surface area contributed by atoms with Gasteiger partial charge >= 0.3 is 0 Å². The first kappa shape index (κ1) is 19.9. The van der Waals surface area contributed by atoms with Crippen molar-refractivity contribution in [3.05, 3.63) is 98.3 Å². The average molecular weight is 449 g/mol. The number of fused-ring (bicyclic) bond motifs is 1. The predicted octanol–water partition coefficient (Wildman–Crippen LogP) is 6.26. The van der Waals surface area contributed by atoms with E-state index < -0.39 is 17.2 Å². The van der Waals surface area contributed by atoms with Crippen molar-refractivity contribution >= 4 is 45.9 Å². The van der Waals surface area contributed by atoms with Gasteiger partial charge in [0.15, 0.2) is 5.16 Å². The number of rotatable bonds is 4. The maximum absolute atomic E-state index is 14.5. The zero-order chi connectivity index (χ0) is 20.5. The summed E-state index contributed by atoms with van der Waals surface area (Å²) < 4.78 is 29.0. The van der Waals surface area contributed by atoms with Crippen molar-refractivity contribution in [2.24, 2.45) is 0 Å². The molecular formula is C21H12Cl2F2N2OS. The molecule has 0 bridgehead atoms. The van der Waals surface area contributed by atoms with Gasteiger partial charge in [0.05, 0.1) is 16.6 Å². The lowest BCUT2D eigenvalue weighted by Gasteiger charge is -2.14. The minimum atomic E-state index is -0.851. The highest BCUT2D eigenvalue weighted by atomic mass is 35.5. The molecule has 0 aliphatic heterocycles. The summed E-state index contributed by atoms with van der Waals surface area (Å²) >= 11 is 13.4.